The van der Waals surface area contributed by atoms with Gasteiger partial charge in [0.2, 0.25) is 0 Å². The van der Waals surface area contributed by atoms with E-state index in [1.807, 2.05) is 24.4 Å². The highest BCUT2D eigenvalue weighted by molar-refractivity contribution is 9.10. The Labute approximate surface area is 214 Å². The van der Waals surface area contributed by atoms with Crippen LogP contribution in [0.25, 0.3) is 16.6 Å². The fraction of sp³-hybridized carbons (Fsp3) is 0.345. The monoisotopic (exact) mass is 530 g/mol. The first-order valence-electron chi connectivity index (χ1n) is 12.4. The van der Waals surface area contributed by atoms with E-state index in [0.29, 0.717) is 5.39 Å². The highest BCUT2D eigenvalue weighted by atomic mass is 79.9. The van der Waals surface area contributed by atoms with Crippen LogP contribution in [0.1, 0.15) is 71.9 Å². The van der Waals surface area contributed by atoms with E-state index in [4.69, 9.17) is 10.1 Å². The molecule has 2 aromatic heterocycles. The van der Waals surface area contributed by atoms with Crippen LogP contribution in [-0.2, 0) is 0 Å². The van der Waals surface area contributed by atoms with E-state index in [0.717, 1.165) is 45.6 Å². The molecule has 6 heteroatoms. The zero-order chi connectivity index (χ0) is 24.7. The molecular weight excluding hydrogens is 500 g/mol. The first-order valence-corrected chi connectivity index (χ1v) is 13.2. The lowest BCUT2D eigenvalue weighted by Gasteiger charge is -2.22. The Morgan fingerprint density at radius 3 is 2.43 bits per heavy atom. The Kier molecular flexibility index (Phi) is 6.49. The molecule has 0 saturated heterocycles. The van der Waals surface area contributed by atoms with Gasteiger partial charge in [-0.2, -0.15) is 9.78 Å². The molecule has 0 amide bonds. The molecule has 4 aromatic rings. The molecule has 1 fully saturated rings. The average molecular weight is 531 g/mol. The van der Waals surface area contributed by atoms with Crippen LogP contribution in [0.5, 0.6) is 0 Å². The van der Waals surface area contributed by atoms with Gasteiger partial charge in [-0.25, -0.2) is 4.98 Å². The molecule has 0 unspecified atom stereocenters. The Balaban J connectivity index is 1.64. The summed E-state index contributed by atoms with van der Waals surface area (Å²) < 4.78 is 4.70. The normalized spacial score (nSPS) is 14.9. The maximum Gasteiger partial charge on any atom is 0.282 e. The molecule has 1 aliphatic carbocycles. The van der Waals surface area contributed by atoms with Crippen LogP contribution in [0.2, 0.25) is 0 Å². The number of nitrogens with zero attached hydrogens (tertiary/aromatic N) is 4. The highest BCUT2D eigenvalue weighted by Gasteiger charge is 2.23. The van der Waals surface area contributed by atoms with Gasteiger partial charge < -0.3 is 4.57 Å². The first kappa shape index (κ1) is 23.7. The number of halogens is 1. The van der Waals surface area contributed by atoms with Crippen LogP contribution in [0, 0.1) is 27.7 Å². The third kappa shape index (κ3) is 4.40. The van der Waals surface area contributed by atoms with Crippen molar-refractivity contribution in [2.24, 2.45) is 5.10 Å². The van der Waals surface area contributed by atoms with Crippen LogP contribution in [0.3, 0.4) is 0 Å². The van der Waals surface area contributed by atoms with Crippen molar-refractivity contribution in [3.8, 4) is 5.69 Å². The summed E-state index contributed by atoms with van der Waals surface area (Å²) in [6.45, 7) is 8.51. The molecule has 0 N–H and O–H groups in total. The molecule has 5 nitrogen and oxygen atoms in total. The molecule has 35 heavy (non-hydrogen) atoms. The number of rotatable bonds is 4. The Hall–Kier alpha value is -2.99. The number of aryl methyl sites for hydroxylation is 3. The van der Waals surface area contributed by atoms with E-state index < -0.39 is 0 Å². The van der Waals surface area contributed by atoms with Gasteiger partial charge in [-0.3, -0.25) is 4.79 Å². The molecule has 0 spiro atoms. The van der Waals surface area contributed by atoms with E-state index in [2.05, 4.69) is 72.5 Å². The molecule has 1 aliphatic rings. The summed E-state index contributed by atoms with van der Waals surface area (Å²) in [7, 11) is 0. The van der Waals surface area contributed by atoms with Crippen molar-refractivity contribution in [2.75, 3.05) is 0 Å². The maximum absolute atomic E-state index is 13.6. The molecule has 1 saturated carbocycles. The third-order valence-corrected chi connectivity index (χ3v) is 7.74. The zero-order valence-electron chi connectivity index (χ0n) is 20.8. The summed E-state index contributed by atoms with van der Waals surface area (Å²) in [4.78, 5) is 18.6. The Morgan fingerprint density at radius 1 is 1.00 bits per heavy atom. The van der Waals surface area contributed by atoms with E-state index in [1.54, 1.807) is 4.68 Å². The molecule has 0 atom stereocenters. The van der Waals surface area contributed by atoms with Gasteiger partial charge in [0.05, 0.1) is 22.8 Å². The standard InChI is InChI=1S/C29H31BrN4O/c1-18-9-8-10-19(2)27(18)33-20(3)15-23(21(33)4)17-31-34-28(22-11-6-5-7-12-22)32-26-14-13-24(30)16-25(26)29(34)35/h8-10,13-17,22H,5-7,11-12H2,1-4H3. The van der Waals surface area contributed by atoms with Crippen LogP contribution in [-0.4, -0.2) is 20.4 Å². The Bertz CT molecular complexity index is 1490. The van der Waals surface area contributed by atoms with E-state index >= 15 is 0 Å². The Morgan fingerprint density at radius 2 is 1.71 bits per heavy atom. The van der Waals surface area contributed by atoms with Crippen LogP contribution < -0.4 is 5.56 Å². The smallest absolute Gasteiger partial charge is 0.282 e. The second-order valence-corrected chi connectivity index (χ2v) is 10.6. The molecule has 5 rings (SSSR count). The molecule has 2 heterocycles. The predicted octanol–water partition coefficient (Wildman–Crippen LogP) is 7.11. The van der Waals surface area contributed by atoms with Crippen molar-refractivity contribution < 1.29 is 0 Å². The van der Waals surface area contributed by atoms with Crippen molar-refractivity contribution in [2.45, 2.75) is 65.7 Å². The number of aromatic nitrogens is 3. The maximum atomic E-state index is 13.6. The van der Waals surface area contributed by atoms with Crippen LogP contribution in [0.15, 0.2) is 56.8 Å². The average Bonchev–Trinajstić information content (AvgIpc) is 3.12. The van der Waals surface area contributed by atoms with Gasteiger partial charge in [0, 0.05) is 27.3 Å². The molecule has 2 aromatic carbocycles. The lowest BCUT2D eigenvalue weighted by Crippen LogP contribution is -2.25. The lowest BCUT2D eigenvalue weighted by atomic mass is 9.88. The van der Waals surface area contributed by atoms with E-state index in [9.17, 15) is 4.79 Å². The molecule has 0 radical (unpaired) electrons. The highest BCUT2D eigenvalue weighted by Crippen LogP contribution is 2.32. The van der Waals surface area contributed by atoms with Crippen molar-refractivity contribution in [3.05, 3.63) is 91.2 Å². The number of hydrogen-bond donors (Lipinski definition) is 0. The fourth-order valence-corrected chi connectivity index (χ4v) is 5.80. The minimum atomic E-state index is -0.114. The van der Waals surface area contributed by atoms with Crippen molar-refractivity contribution in [3.63, 3.8) is 0 Å². The van der Waals surface area contributed by atoms with Crippen molar-refractivity contribution in [1.82, 2.24) is 14.2 Å². The van der Waals surface area contributed by atoms with Gasteiger partial charge >= 0.3 is 0 Å². The summed E-state index contributed by atoms with van der Waals surface area (Å²) in [5, 5.41) is 5.35. The third-order valence-electron chi connectivity index (χ3n) is 7.25. The minimum absolute atomic E-state index is 0.114. The predicted molar refractivity (Wildman–Crippen MR) is 147 cm³/mol. The van der Waals surface area contributed by atoms with Gasteiger partial charge in [-0.1, -0.05) is 53.4 Å². The fourth-order valence-electron chi connectivity index (χ4n) is 5.44. The quantitative estimate of drug-likeness (QED) is 0.264. The summed E-state index contributed by atoms with van der Waals surface area (Å²) >= 11 is 3.50. The number of benzene rings is 2. The summed E-state index contributed by atoms with van der Waals surface area (Å²) in [6.07, 6.45) is 7.50. The summed E-state index contributed by atoms with van der Waals surface area (Å²) in [5.74, 6) is 1.04. The van der Waals surface area contributed by atoms with Gasteiger partial charge in [-0.15, -0.1) is 0 Å². The zero-order valence-corrected chi connectivity index (χ0v) is 22.4. The lowest BCUT2D eigenvalue weighted by molar-refractivity contribution is 0.416. The van der Waals surface area contributed by atoms with Gasteiger partial charge in [0.15, 0.2) is 0 Å². The molecule has 0 bridgehead atoms. The van der Waals surface area contributed by atoms with Crippen molar-refractivity contribution >= 4 is 33.0 Å². The van der Waals surface area contributed by atoms with Gasteiger partial charge in [0.1, 0.15) is 5.82 Å². The SMILES string of the molecule is Cc1cccc(C)c1-n1c(C)cc(C=Nn2c(C3CCCCC3)nc3ccc(Br)cc3c2=O)c1C. The van der Waals surface area contributed by atoms with Crippen molar-refractivity contribution in [1.29, 1.82) is 0 Å². The number of hydrogen-bond acceptors (Lipinski definition) is 3. The second-order valence-electron chi connectivity index (χ2n) is 9.73. The largest absolute Gasteiger partial charge is 0.317 e. The van der Waals surface area contributed by atoms with Gasteiger partial charge in [0.25, 0.3) is 5.56 Å². The van der Waals surface area contributed by atoms with E-state index in [1.165, 1.54) is 36.1 Å². The second kappa shape index (κ2) is 9.57. The number of para-hydroxylation sites is 1. The minimum Gasteiger partial charge on any atom is -0.317 e. The first-order chi connectivity index (χ1) is 16.8. The van der Waals surface area contributed by atoms with E-state index in [-0.39, 0.29) is 11.5 Å². The molecule has 0 aliphatic heterocycles. The topological polar surface area (TPSA) is 52.2 Å². The molecule has 180 valence electrons. The molecular formula is C29H31BrN4O. The van der Waals surface area contributed by atoms with Crippen LogP contribution >= 0.6 is 15.9 Å². The summed E-state index contributed by atoms with van der Waals surface area (Å²) in [6, 6.07) is 14.2. The van der Waals surface area contributed by atoms with Gasteiger partial charge in [-0.05, 0) is 75.9 Å². The summed E-state index contributed by atoms with van der Waals surface area (Å²) in [5.41, 5.74) is 7.54. The number of fused-ring (bicyclic) bond motifs is 1. The van der Waals surface area contributed by atoms with Crippen LogP contribution in [0.4, 0.5) is 0 Å².